The minimum absolute atomic E-state index is 0.0593. The lowest BCUT2D eigenvalue weighted by molar-refractivity contribution is -0.129. The number of hydrogen-bond acceptors (Lipinski definition) is 4. The molecule has 8 heteroatoms. The number of nitrogens with zero attached hydrogens (tertiary/aromatic N) is 3. The van der Waals surface area contributed by atoms with Crippen LogP contribution in [0.4, 0.5) is 14.5 Å². The van der Waals surface area contributed by atoms with Crippen molar-refractivity contribution in [2.24, 2.45) is 5.41 Å². The van der Waals surface area contributed by atoms with Crippen molar-refractivity contribution in [1.29, 1.82) is 0 Å². The van der Waals surface area contributed by atoms with E-state index in [1.165, 1.54) is 41.4 Å². The second-order valence-electron chi connectivity index (χ2n) is 7.77. The fourth-order valence-electron chi connectivity index (χ4n) is 4.42. The first-order valence-corrected chi connectivity index (χ1v) is 9.71. The van der Waals surface area contributed by atoms with Crippen LogP contribution in [0.5, 0.6) is 0 Å². The van der Waals surface area contributed by atoms with E-state index in [0.29, 0.717) is 30.8 Å². The van der Waals surface area contributed by atoms with Crippen molar-refractivity contribution in [3.8, 4) is 0 Å². The van der Waals surface area contributed by atoms with Crippen LogP contribution in [0, 0.1) is 18.2 Å². The van der Waals surface area contributed by atoms with Crippen LogP contribution in [0.3, 0.4) is 0 Å². The molecule has 1 aromatic heterocycles. The van der Waals surface area contributed by atoms with Crippen molar-refractivity contribution >= 4 is 17.5 Å². The van der Waals surface area contributed by atoms with E-state index >= 15 is 4.39 Å². The van der Waals surface area contributed by atoms with Crippen molar-refractivity contribution in [2.75, 3.05) is 11.4 Å². The first-order chi connectivity index (χ1) is 13.9. The van der Waals surface area contributed by atoms with Gasteiger partial charge in [0, 0.05) is 17.9 Å². The highest BCUT2D eigenvalue weighted by atomic mass is 19.1. The van der Waals surface area contributed by atoms with Gasteiger partial charge in [-0.3, -0.25) is 9.59 Å². The maximum atomic E-state index is 15.1. The van der Waals surface area contributed by atoms with Crippen LogP contribution < -0.4 is 10.2 Å². The van der Waals surface area contributed by atoms with Crippen LogP contribution in [0.15, 0.2) is 36.5 Å². The van der Waals surface area contributed by atoms with E-state index in [2.05, 4.69) is 15.3 Å². The van der Waals surface area contributed by atoms with Gasteiger partial charge < -0.3 is 10.2 Å². The van der Waals surface area contributed by atoms with E-state index in [4.69, 9.17) is 0 Å². The molecule has 1 spiro atoms. The number of hydrogen-bond donors (Lipinski definition) is 1. The molecular formula is C21H22F2N4O2. The molecule has 1 aliphatic heterocycles. The van der Waals surface area contributed by atoms with Crippen LogP contribution in [-0.2, 0) is 4.79 Å². The van der Waals surface area contributed by atoms with E-state index in [0.717, 1.165) is 0 Å². The summed E-state index contributed by atoms with van der Waals surface area (Å²) in [5.41, 5.74) is -0.426. The third-order valence-corrected chi connectivity index (χ3v) is 5.88. The largest absolute Gasteiger partial charge is 0.348 e. The Bertz CT molecular complexity index is 937. The van der Waals surface area contributed by atoms with Gasteiger partial charge in [0.25, 0.3) is 5.91 Å². The Balaban J connectivity index is 1.51. The molecule has 2 fully saturated rings. The lowest BCUT2D eigenvalue weighted by Gasteiger charge is -2.37. The van der Waals surface area contributed by atoms with Crippen molar-refractivity contribution < 1.29 is 18.4 Å². The average Bonchev–Trinajstić information content (AvgIpc) is 2.93. The number of aromatic nitrogens is 2. The van der Waals surface area contributed by atoms with Gasteiger partial charge in [0.05, 0.1) is 12.0 Å². The average molecular weight is 400 g/mol. The predicted octanol–water partition coefficient (Wildman–Crippen LogP) is 2.97. The quantitative estimate of drug-likeness (QED) is 0.860. The third kappa shape index (κ3) is 3.59. The summed E-state index contributed by atoms with van der Waals surface area (Å²) in [5.74, 6) is -0.572. The van der Waals surface area contributed by atoms with E-state index < -0.39 is 17.4 Å². The van der Waals surface area contributed by atoms with Gasteiger partial charge in [-0.15, -0.1) is 0 Å². The van der Waals surface area contributed by atoms with Crippen LogP contribution in [-0.4, -0.2) is 40.5 Å². The normalized spacial score (nSPS) is 26.7. The molecular weight excluding hydrogens is 378 g/mol. The number of alkyl halides is 1. The molecule has 1 saturated heterocycles. The Hall–Kier alpha value is -2.90. The zero-order valence-corrected chi connectivity index (χ0v) is 16.1. The summed E-state index contributed by atoms with van der Waals surface area (Å²) < 4.78 is 28.4. The summed E-state index contributed by atoms with van der Waals surface area (Å²) in [6.45, 7) is 1.64. The summed E-state index contributed by atoms with van der Waals surface area (Å²) in [4.78, 5) is 35.2. The maximum absolute atomic E-state index is 15.1. The van der Waals surface area contributed by atoms with Gasteiger partial charge in [-0.05, 0) is 56.5 Å². The maximum Gasteiger partial charge on any atom is 0.270 e. The van der Waals surface area contributed by atoms with Gasteiger partial charge in [-0.25, -0.2) is 18.7 Å². The second-order valence-corrected chi connectivity index (χ2v) is 7.77. The summed E-state index contributed by atoms with van der Waals surface area (Å²) >= 11 is 0. The van der Waals surface area contributed by atoms with Gasteiger partial charge in [0.15, 0.2) is 0 Å². The lowest BCUT2D eigenvalue weighted by atomic mass is 9.70. The molecule has 6 nitrogen and oxygen atoms in total. The SMILES string of the molecule is Cc1nccc(C(=O)NC2CCCC3(C2)C(=O)N(c2ccc(F)cc2)CC3F)n1. The Labute approximate surface area is 167 Å². The first kappa shape index (κ1) is 19.4. The number of amides is 2. The second kappa shape index (κ2) is 7.50. The van der Waals surface area contributed by atoms with Gasteiger partial charge in [-0.1, -0.05) is 6.42 Å². The Kier molecular flexibility index (Phi) is 5.02. The Morgan fingerprint density at radius 1 is 1.28 bits per heavy atom. The molecule has 1 saturated carbocycles. The summed E-state index contributed by atoms with van der Waals surface area (Å²) in [6, 6.07) is 6.69. The summed E-state index contributed by atoms with van der Waals surface area (Å²) in [7, 11) is 0. The minimum Gasteiger partial charge on any atom is -0.348 e. The number of halogens is 2. The molecule has 1 N–H and O–H groups in total. The smallest absolute Gasteiger partial charge is 0.270 e. The molecule has 1 aliphatic carbocycles. The van der Waals surface area contributed by atoms with E-state index in [1.54, 1.807) is 6.92 Å². The fraction of sp³-hybridized carbons (Fsp3) is 0.429. The van der Waals surface area contributed by atoms with Crippen LogP contribution in [0.2, 0.25) is 0 Å². The van der Waals surface area contributed by atoms with Gasteiger partial charge in [0.2, 0.25) is 5.91 Å². The number of carbonyl (C=O) groups is 2. The van der Waals surface area contributed by atoms with Gasteiger partial charge in [0.1, 0.15) is 23.5 Å². The highest BCUT2D eigenvalue weighted by Gasteiger charge is 2.56. The molecule has 1 aromatic carbocycles. The van der Waals surface area contributed by atoms with Crippen molar-refractivity contribution in [1.82, 2.24) is 15.3 Å². The third-order valence-electron chi connectivity index (χ3n) is 5.88. The number of benzene rings is 1. The zero-order valence-electron chi connectivity index (χ0n) is 16.1. The zero-order chi connectivity index (χ0) is 20.6. The molecule has 0 bridgehead atoms. The molecule has 2 aromatic rings. The van der Waals surface area contributed by atoms with Gasteiger partial charge in [-0.2, -0.15) is 0 Å². The summed E-state index contributed by atoms with van der Waals surface area (Å²) in [5, 5.41) is 2.90. The monoisotopic (exact) mass is 400 g/mol. The van der Waals surface area contributed by atoms with Crippen molar-refractivity contribution in [2.45, 2.75) is 44.8 Å². The molecule has 4 rings (SSSR count). The Morgan fingerprint density at radius 3 is 2.76 bits per heavy atom. The van der Waals surface area contributed by atoms with Crippen molar-refractivity contribution in [3.05, 3.63) is 53.9 Å². The van der Waals surface area contributed by atoms with Gasteiger partial charge >= 0.3 is 0 Å². The number of aryl methyl sites for hydroxylation is 1. The molecule has 2 aliphatic rings. The lowest BCUT2D eigenvalue weighted by Crippen LogP contribution is -2.48. The van der Waals surface area contributed by atoms with Crippen LogP contribution in [0.1, 0.15) is 42.0 Å². The molecule has 152 valence electrons. The highest BCUT2D eigenvalue weighted by Crippen LogP contribution is 2.47. The summed E-state index contributed by atoms with van der Waals surface area (Å²) in [6.07, 6.45) is 2.15. The van der Waals surface area contributed by atoms with Crippen LogP contribution in [0.25, 0.3) is 0 Å². The predicted molar refractivity (Wildman–Crippen MR) is 103 cm³/mol. The van der Waals surface area contributed by atoms with E-state index in [1.807, 2.05) is 0 Å². The molecule has 2 amide bonds. The number of carbonyl (C=O) groups excluding carboxylic acids is 2. The molecule has 3 atom stereocenters. The van der Waals surface area contributed by atoms with Crippen molar-refractivity contribution in [3.63, 3.8) is 0 Å². The van der Waals surface area contributed by atoms with E-state index in [-0.39, 0.29) is 36.5 Å². The molecule has 2 heterocycles. The Morgan fingerprint density at radius 2 is 2.03 bits per heavy atom. The minimum atomic E-state index is -1.35. The number of nitrogens with one attached hydrogen (secondary N) is 1. The molecule has 0 radical (unpaired) electrons. The fourth-order valence-corrected chi connectivity index (χ4v) is 4.42. The van der Waals surface area contributed by atoms with Crippen LogP contribution >= 0.6 is 0 Å². The topological polar surface area (TPSA) is 75.2 Å². The number of rotatable bonds is 3. The highest BCUT2D eigenvalue weighted by molar-refractivity contribution is 6.01. The van der Waals surface area contributed by atoms with E-state index in [9.17, 15) is 14.0 Å². The molecule has 29 heavy (non-hydrogen) atoms. The number of anilines is 1. The molecule has 3 unspecified atom stereocenters. The first-order valence-electron chi connectivity index (χ1n) is 9.71. The standard InChI is InChI=1S/C21H22F2N4O2/c1-13-24-10-8-17(25-13)19(28)26-15-3-2-9-21(11-15)18(23)12-27(20(21)29)16-6-4-14(22)5-7-16/h4-8,10,15,18H,2-3,9,11-12H2,1H3,(H,26,28).